The van der Waals surface area contributed by atoms with Crippen molar-refractivity contribution in [1.29, 1.82) is 0 Å². The molecule has 1 N–H and O–H groups in total. The van der Waals surface area contributed by atoms with Gasteiger partial charge < -0.3 is 19.5 Å². The van der Waals surface area contributed by atoms with Crippen LogP contribution in [0.5, 0.6) is 11.5 Å². The van der Waals surface area contributed by atoms with Crippen LogP contribution in [-0.4, -0.2) is 42.2 Å². The van der Waals surface area contributed by atoms with Crippen LogP contribution >= 0.6 is 0 Å². The van der Waals surface area contributed by atoms with E-state index in [9.17, 15) is 9.59 Å². The van der Waals surface area contributed by atoms with Crippen molar-refractivity contribution in [3.8, 4) is 11.5 Å². The number of nitrogens with zero attached hydrogens (tertiary/aromatic N) is 2. The third-order valence-corrected chi connectivity index (χ3v) is 4.19. The van der Waals surface area contributed by atoms with E-state index < -0.39 is 18.0 Å². The highest BCUT2D eigenvalue weighted by Gasteiger charge is 2.23. The average Bonchev–Trinajstić information content (AvgIpc) is 2.76. The molecule has 150 valence electrons. The molecule has 0 radical (unpaired) electrons. The van der Waals surface area contributed by atoms with Crippen molar-refractivity contribution >= 4 is 28.6 Å². The number of ether oxygens (including phenoxy) is 3. The fourth-order valence-electron chi connectivity index (χ4n) is 2.67. The maximum Gasteiger partial charge on any atom is 0.359 e. The van der Waals surface area contributed by atoms with E-state index in [4.69, 9.17) is 14.2 Å². The number of methoxy groups -OCH3 is 2. The maximum atomic E-state index is 12.6. The first-order valence-corrected chi connectivity index (χ1v) is 9.00. The van der Waals surface area contributed by atoms with Gasteiger partial charge in [0.15, 0.2) is 11.8 Å². The number of nitrogens with one attached hydrogen (secondary N) is 1. The van der Waals surface area contributed by atoms with Gasteiger partial charge in [0.2, 0.25) is 0 Å². The Morgan fingerprint density at radius 2 is 1.69 bits per heavy atom. The van der Waals surface area contributed by atoms with Gasteiger partial charge in [-0.15, -0.1) is 0 Å². The van der Waals surface area contributed by atoms with E-state index in [-0.39, 0.29) is 5.69 Å². The molecule has 8 nitrogen and oxygen atoms in total. The van der Waals surface area contributed by atoms with Crippen molar-refractivity contribution < 1.29 is 23.8 Å². The summed E-state index contributed by atoms with van der Waals surface area (Å²) in [4.78, 5) is 33.5. The van der Waals surface area contributed by atoms with E-state index in [0.717, 1.165) is 0 Å². The van der Waals surface area contributed by atoms with Crippen LogP contribution < -0.4 is 14.8 Å². The van der Waals surface area contributed by atoms with Crippen LogP contribution in [0.1, 0.15) is 23.8 Å². The largest absolute Gasteiger partial charge is 0.497 e. The molecule has 1 atom stereocenters. The molecule has 0 aliphatic rings. The Kier molecular flexibility index (Phi) is 6.23. The lowest BCUT2D eigenvalue weighted by molar-refractivity contribution is -0.124. The highest BCUT2D eigenvalue weighted by atomic mass is 16.5. The number of anilines is 1. The number of para-hydroxylation sites is 2. The zero-order chi connectivity index (χ0) is 20.8. The highest BCUT2D eigenvalue weighted by Crippen LogP contribution is 2.26. The van der Waals surface area contributed by atoms with Crippen molar-refractivity contribution in [2.45, 2.75) is 19.4 Å². The molecule has 29 heavy (non-hydrogen) atoms. The standard InChI is InChI=1S/C21H21N3O5/c1-4-19(20(25)23-13-9-14(27-2)11-15(10-13)28-3)29-21(26)18-12-22-16-7-5-6-8-17(16)24-18/h5-12,19H,4H2,1-3H3,(H,23,25). The zero-order valence-electron chi connectivity index (χ0n) is 16.3. The lowest BCUT2D eigenvalue weighted by Crippen LogP contribution is -2.32. The van der Waals surface area contributed by atoms with Gasteiger partial charge in [0.1, 0.15) is 11.5 Å². The molecule has 1 amide bonds. The lowest BCUT2D eigenvalue weighted by Gasteiger charge is -2.16. The summed E-state index contributed by atoms with van der Waals surface area (Å²) in [6.07, 6.45) is 0.634. The van der Waals surface area contributed by atoms with Gasteiger partial charge in [-0.3, -0.25) is 9.78 Å². The molecule has 0 aliphatic heterocycles. The molecule has 0 aliphatic carbocycles. The van der Waals surface area contributed by atoms with Gasteiger partial charge in [0.05, 0.1) is 31.4 Å². The van der Waals surface area contributed by atoms with Crippen LogP contribution in [0.3, 0.4) is 0 Å². The Labute approximate surface area is 167 Å². The molecule has 3 aromatic rings. The van der Waals surface area contributed by atoms with E-state index in [1.165, 1.54) is 20.4 Å². The highest BCUT2D eigenvalue weighted by molar-refractivity contribution is 5.97. The Morgan fingerprint density at radius 1 is 1.03 bits per heavy atom. The molecule has 0 spiro atoms. The quantitative estimate of drug-likeness (QED) is 0.613. The average molecular weight is 395 g/mol. The minimum atomic E-state index is -0.993. The second kappa shape index (κ2) is 9.01. The summed E-state index contributed by atoms with van der Waals surface area (Å²) in [5.41, 5.74) is 1.74. The molecular formula is C21H21N3O5. The number of hydrogen-bond donors (Lipinski definition) is 1. The molecule has 0 saturated carbocycles. The third kappa shape index (κ3) is 4.78. The molecule has 0 fully saturated rings. The number of carbonyl (C=O) groups excluding carboxylic acids is 2. The van der Waals surface area contributed by atoms with E-state index in [2.05, 4.69) is 15.3 Å². The monoisotopic (exact) mass is 395 g/mol. The maximum absolute atomic E-state index is 12.6. The fraction of sp³-hybridized carbons (Fsp3) is 0.238. The molecular weight excluding hydrogens is 374 g/mol. The van der Waals surface area contributed by atoms with Crippen LogP contribution in [0.2, 0.25) is 0 Å². The fourth-order valence-corrected chi connectivity index (χ4v) is 2.67. The van der Waals surface area contributed by atoms with Gasteiger partial charge >= 0.3 is 5.97 Å². The van der Waals surface area contributed by atoms with E-state index in [1.54, 1.807) is 43.3 Å². The number of rotatable bonds is 7. The summed E-state index contributed by atoms with van der Waals surface area (Å²) in [7, 11) is 3.03. The summed E-state index contributed by atoms with van der Waals surface area (Å²) in [5, 5.41) is 2.72. The normalized spacial score (nSPS) is 11.6. The Morgan fingerprint density at radius 3 is 2.31 bits per heavy atom. The predicted octanol–water partition coefficient (Wildman–Crippen LogP) is 3.22. The molecule has 1 aromatic heterocycles. The Balaban J connectivity index is 1.73. The Bertz CT molecular complexity index is 1020. The van der Waals surface area contributed by atoms with Crippen molar-refractivity contribution in [3.05, 3.63) is 54.4 Å². The van der Waals surface area contributed by atoms with Crippen molar-refractivity contribution in [3.63, 3.8) is 0 Å². The molecule has 1 heterocycles. The summed E-state index contributed by atoms with van der Waals surface area (Å²) in [6, 6.07) is 12.2. The van der Waals surface area contributed by atoms with Crippen LogP contribution in [-0.2, 0) is 9.53 Å². The first-order chi connectivity index (χ1) is 14.0. The molecule has 3 rings (SSSR count). The summed E-state index contributed by atoms with van der Waals surface area (Å²) >= 11 is 0. The van der Waals surface area contributed by atoms with Gasteiger partial charge in [0, 0.05) is 23.9 Å². The summed E-state index contributed by atoms with van der Waals surface area (Å²) < 4.78 is 15.7. The molecule has 0 bridgehead atoms. The van der Waals surface area contributed by atoms with Crippen LogP contribution in [0, 0.1) is 0 Å². The van der Waals surface area contributed by atoms with Crippen molar-refractivity contribution in [1.82, 2.24) is 9.97 Å². The van der Waals surface area contributed by atoms with Crippen LogP contribution in [0.15, 0.2) is 48.7 Å². The molecule has 0 saturated heterocycles. The van der Waals surface area contributed by atoms with Crippen molar-refractivity contribution in [2.75, 3.05) is 19.5 Å². The second-order valence-corrected chi connectivity index (χ2v) is 6.14. The number of esters is 1. The minimum absolute atomic E-state index is 0.0398. The SMILES string of the molecule is CCC(OC(=O)c1cnc2ccccc2n1)C(=O)Nc1cc(OC)cc(OC)c1. The van der Waals surface area contributed by atoms with Crippen LogP contribution in [0.4, 0.5) is 5.69 Å². The van der Waals surface area contributed by atoms with Gasteiger partial charge in [-0.2, -0.15) is 0 Å². The van der Waals surface area contributed by atoms with Gasteiger partial charge in [-0.1, -0.05) is 19.1 Å². The molecule has 1 unspecified atom stereocenters. The lowest BCUT2D eigenvalue weighted by atomic mass is 10.2. The Hall–Kier alpha value is -3.68. The third-order valence-electron chi connectivity index (χ3n) is 4.19. The van der Waals surface area contributed by atoms with E-state index in [1.807, 2.05) is 6.07 Å². The summed E-state index contributed by atoms with van der Waals surface area (Å²) in [5.74, 6) is -0.134. The number of amides is 1. The summed E-state index contributed by atoms with van der Waals surface area (Å²) in [6.45, 7) is 1.75. The molecule has 2 aromatic carbocycles. The number of fused-ring (bicyclic) bond motifs is 1. The van der Waals surface area contributed by atoms with Gasteiger partial charge in [0.25, 0.3) is 5.91 Å². The first-order valence-electron chi connectivity index (χ1n) is 9.00. The van der Waals surface area contributed by atoms with Gasteiger partial charge in [-0.05, 0) is 18.6 Å². The number of aromatic nitrogens is 2. The second-order valence-electron chi connectivity index (χ2n) is 6.14. The minimum Gasteiger partial charge on any atom is -0.497 e. The number of carbonyl (C=O) groups is 2. The van der Waals surface area contributed by atoms with Gasteiger partial charge in [-0.25, -0.2) is 9.78 Å². The smallest absolute Gasteiger partial charge is 0.359 e. The molecule has 8 heteroatoms. The zero-order valence-corrected chi connectivity index (χ0v) is 16.3. The van der Waals surface area contributed by atoms with E-state index in [0.29, 0.717) is 34.6 Å². The first kappa shape index (κ1) is 20.1. The van der Waals surface area contributed by atoms with E-state index >= 15 is 0 Å². The van der Waals surface area contributed by atoms with Crippen LogP contribution in [0.25, 0.3) is 11.0 Å². The van der Waals surface area contributed by atoms with Crippen molar-refractivity contribution in [2.24, 2.45) is 0 Å². The topological polar surface area (TPSA) is 99.6 Å². The number of hydrogen-bond acceptors (Lipinski definition) is 7. The number of benzene rings is 2. The predicted molar refractivity (Wildman–Crippen MR) is 107 cm³/mol.